The van der Waals surface area contributed by atoms with Crippen LogP contribution >= 0.6 is 11.3 Å². The Kier molecular flexibility index (Phi) is 1.65. The molecule has 2 rings (SSSR count). The molecule has 4 nitrogen and oxygen atoms in total. The van der Waals surface area contributed by atoms with E-state index in [4.69, 9.17) is 0 Å². The van der Waals surface area contributed by atoms with E-state index in [0.29, 0.717) is 5.69 Å². The lowest BCUT2D eigenvalue weighted by Gasteiger charge is -1.88. The van der Waals surface area contributed by atoms with Crippen molar-refractivity contribution in [2.75, 3.05) is 0 Å². The van der Waals surface area contributed by atoms with Gasteiger partial charge in [-0.2, -0.15) is 5.10 Å². The highest BCUT2D eigenvalue weighted by molar-refractivity contribution is 7.14. The van der Waals surface area contributed by atoms with E-state index < -0.39 is 0 Å². The first-order valence-corrected chi connectivity index (χ1v) is 4.51. The molecule has 12 heavy (non-hydrogen) atoms. The first kappa shape index (κ1) is 7.42. The number of rotatable bonds is 2. The predicted molar refractivity (Wildman–Crippen MR) is 45.6 cm³/mol. The molecule has 0 atom stereocenters. The van der Waals surface area contributed by atoms with Gasteiger partial charge in [0.2, 0.25) is 4.96 Å². The number of hydrogen-bond donors (Lipinski definition) is 0. The van der Waals surface area contributed by atoms with Crippen LogP contribution in [-0.2, 0) is 6.42 Å². The minimum Gasteiger partial charge on any atom is -0.296 e. The lowest BCUT2D eigenvalue weighted by Crippen LogP contribution is -1.94. The van der Waals surface area contributed by atoms with Crippen LogP contribution in [0.25, 0.3) is 4.96 Å². The molecule has 0 radical (unpaired) electrons. The lowest BCUT2D eigenvalue weighted by atomic mass is 10.3. The third-order valence-corrected chi connectivity index (χ3v) is 2.38. The number of nitrogens with zero attached hydrogens (tertiary/aromatic N) is 3. The summed E-state index contributed by atoms with van der Waals surface area (Å²) >= 11 is 1.43. The molecule has 0 fully saturated rings. The molecule has 2 aromatic heterocycles. The normalized spacial score (nSPS) is 10.8. The molecule has 0 aromatic carbocycles. The Hall–Kier alpha value is -1.23. The maximum Gasteiger partial charge on any atom is 0.212 e. The second-order valence-corrected chi connectivity index (χ2v) is 3.16. The van der Waals surface area contributed by atoms with Crippen LogP contribution in [-0.4, -0.2) is 20.9 Å². The first-order valence-electron chi connectivity index (χ1n) is 3.63. The van der Waals surface area contributed by atoms with Crippen molar-refractivity contribution in [3.8, 4) is 0 Å². The van der Waals surface area contributed by atoms with E-state index >= 15 is 0 Å². The van der Waals surface area contributed by atoms with Crippen molar-refractivity contribution in [3.05, 3.63) is 16.9 Å². The van der Waals surface area contributed by atoms with E-state index in [9.17, 15) is 4.79 Å². The van der Waals surface area contributed by atoms with E-state index in [0.717, 1.165) is 23.4 Å². The van der Waals surface area contributed by atoms with Gasteiger partial charge in [0, 0.05) is 0 Å². The minimum atomic E-state index is 0.578. The van der Waals surface area contributed by atoms with Crippen molar-refractivity contribution in [1.82, 2.24) is 14.6 Å². The van der Waals surface area contributed by atoms with Gasteiger partial charge in [0.25, 0.3) is 0 Å². The van der Waals surface area contributed by atoms with E-state index in [1.165, 1.54) is 11.3 Å². The molecule has 0 aliphatic carbocycles. The van der Waals surface area contributed by atoms with Crippen LogP contribution in [0.2, 0.25) is 0 Å². The van der Waals surface area contributed by atoms with Gasteiger partial charge in [-0.1, -0.05) is 18.3 Å². The van der Waals surface area contributed by atoms with Crippen LogP contribution in [0.3, 0.4) is 0 Å². The molecule has 0 saturated heterocycles. The van der Waals surface area contributed by atoms with Crippen molar-refractivity contribution in [1.29, 1.82) is 0 Å². The van der Waals surface area contributed by atoms with Gasteiger partial charge < -0.3 is 0 Å². The summed E-state index contributed by atoms with van der Waals surface area (Å²) in [6.07, 6.45) is 1.57. The fourth-order valence-electron chi connectivity index (χ4n) is 1.13. The molecule has 0 spiro atoms. The summed E-state index contributed by atoms with van der Waals surface area (Å²) in [7, 11) is 0. The zero-order valence-electron chi connectivity index (χ0n) is 6.52. The smallest absolute Gasteiger partial charge is 0.212 e. The maximum absolute atomic E-state index is 10.7. The van der Waals surface area contributed by atoms with Crippen LogP contribution in [0.1, 0.15) is 23.1 Å². The van der Waals surface area contributed by atoms with Gasteiger partial charge in [-0.15, -0.1) is 0 Å². The lowest BCUT2D eigenvalue weighted by molar-refractivity contribution is 0.111. The number of carbonyl (C=O) groups excluding carboxylic acids is 1. The molecular weight excluding hydrogens is 174 g/mol. The minimum absolute atomic E-state index is 0.578. The second-order valence-electron chi connectivity index (χ2n) is 2.35. The van der Waals surface area contributed by atoms with Gasteiger partial charge in [0.15, 0.2) is 6.29 Å². The number of aryl methyl sites for hydroxylation is 1. The Bertz CT molecular complexity index is 417. The Morgan fingerprint density at radius 3 is 3.25 bits per heavy atom. The highest BCUT2D eigenvalue weighted by Gasteiger charge is 2.10. The van der Waals surface area contributed by atoms with Crippen molar-refractivity contribution < 1.29 is 4.79 Å². The monoisotopic (exact) mass is 181 g/mol. The first-order chi connectivity index (χ1) is 5.86. The SMILES string of the molecule is CCc1nc2scnn2c1C=O. The van der Waals surface area contributed by atoms with Gasteiger partial charge >= 0.3 is 0 Å². The van der Waals surface area contributed by atoms with Gasteiger partial charge in [-0.05, 0) is 6.42 Å². The van der Waals surface area contributed by atoms with Crippen molar-refractivity contribution in [2.45, 2.75) is 13.3 Å². The standard InChI is InChI=1S/C7H7N3OS/c1-2-5-6(3-11)10-7(9-5)12-4-8-10/h3-4H,2H2,1H3. The van der Waals surface area contributed by atoms with Crippen molar-refractivity contribution in [2.24, 2.45) is 0 Å². The van der Waals surface area contributed by atoms with Crippen LogP contribution in [0.15, 0.2) is 5.51 Å². The second kappa shape index (κ2) is 2.67. The summed E-state index contributed by atoms with van der Waals surface area (Å²) in [5.41, 5.74) is 3.08. The summed E-state index contributed by atoms with van der Waals surface area (Å²) in [6, 6.07) is 0. The molecule has 62 valence electrons. The Labute approximate surface area is 72.9 Å². The number of aromatic nitrogens is 3. The predicted octanol–water partition coefficient (Wildman–Crippen LogP) is 1.17. The van der Waals surface area contributed by atoms with E-state index in [1.807, 2.05) is 6.92 Å². The topological polar surface area (TPSA) is 47.3 Å². The Morgan fingerprint density at radius 1 is 1.75 bits per heavy atom. The quantitative estimate of drug-likeness (QED) is 0.653. The molecular formula is C7H7N3OS. The number of fused-ring (bicyclic) bond motifs is 1. The average Bonchev–Trinajstić information content (AvgIpc) is 2.61. The zero-order valence-corrected chi connectivity index (χ0v) is 7.34. The Morgan fingerprint density at radius 2 is 2.58 bits per heavy atom. The number of imidazole rings is 1. The molecule has 5 heteroatoms. The summed E-state index contributed by atoms with van der Waals surface area (Å²) in [6.45, 7) is 1.97. The average molecular weight is 181 g/mol. The number of carbonyl (C=O) groups is 1. The highest BCUT2D eigenvalue weighted by Crippen LogP contribution is 2.13. The molecule has 0 amide bonds. The molecule has 2 heterocycles. The fraction of sp³-hybridized carbons (Fsp3) is 0.286. The van der Waals surface area contributed by atoms with Crippen molar-refractivity contribution in [3.63, 3.8) is 0 Å². The summed E-state index contributed by atoms with van der Waals surface area (Å²) < 4.78 is 1.58. The molecule has 2 aromatic rings. The van der Waals surface area contributed by atoms with Crippen molar-refractivity contribution >= 4 is 22.6 Å². The van der Waals surface area contributed by atoms with E-state index in [2.05, 4.69) is 10.1 Å². The van der Waals surface area contributed by atoms with E-state index in [-0.39, 0.29) is 0 Å². The van der Waals surface area contributed by atoms with Crippen LogP contribution in [0, 0.1) is 0 Å². The molecule has 0 unspecified atom stereocenters. The van der Waals surface area contributed by atoms with Crippen LogP contribution in [0.4, 0.5) is 0 Å². The van der Waals surface area contributed by atoms with Crippen LogP contribution < -0.4 is 0 Å². The summed E-state index contributed by atoms with van der Waals surface area (Å²) in [4.78, 5) is 15.7. The molecule has 0 saturated carbocycles. The summed E-state index contributed by atoms with van der Waals surface area (Å²) in [5, 5.41) is 4.00. The molecule has 0 bridgehead atoms. The largest absolute Gasteiger partial charge is 0.296 e. The van der Waals surface area contributed by atoms with Gasteiger partial charge in [-0.3, -0.25) is 4.79 Å². The zero-order chi connectivity index (χ0) is 8.55. The van der Waals surface area contributed by atoms with E-state index in [1.54, 1.807) is 10.0 Å². The fourth-order valence-corrected chi connectivity index (χ4v) is 1.77. The molecule has 0 aliphatic rings. The molecule has 0 aliphatic heterocycles. The molecule has 0 N–H and O–H groups in total. The maximum atomic E-state index is 10.7. The van der Waals surface area contributed by atoms with Gasteiger partial charge in [0.05, 0.1) is 5.69 Å². The van der Waals surface area contributed by atoms with Crippen LogP contribution in [0.5, 0.6) is 0 Å². The van der Waals surface area contributed by atoms with Gasteiger partial charge in [-0.25, -0.2) is 9.50 Å². The Balaban J connectivity index is 2.78. The third kappa shape index (κ3) is 0.863. The third-order valence-electron chi connectivity index (χ3n) is 1.70. The summed E-state index contributed by atoms with van der Waals surface area (Å²) in [5.74, 6) is 0. The number of hydrogen-bond acceptors (Lipinski definition) is 4. The highest BCUT2D eigenvalue weighted by atomic mass is 32.1. The number of aldehydes is 1. The van der Waals surface area contributed by atoms with Gasteiger partial charge in [0.1, 0.15) is 11.2 Å².